The number of carbonyl (C=O) groups is 1. The average molecular weight is 308 g/mol. The van der Waals surface area contributed by atoms with Gasteiger partial charge in [0.25, 0.3) is 5.91 Å². The van der Waals surface area contributed by atoms with Crippen molar-refractivity contribution >= 4 is 21.4 Å². The highest BCUT2D eigenvalue weighted by Gasteiger charge is 2.15. The molecule has 2 rings (SSSR count). The van der Waals surface area contributed by atoms with Crippen LogP contribution >= 0.6 is 0 Å². The maximum atomic E-state index is 13.7. The van der Waals surface area contributed by atoms with Gasteiger partial charge in [-0.1, -0.05) is 0 Å². The molecule has 1 N–H and O–H groups in total. The van der Waals surface area contributed by atoms with Gasteiger partial charge in [0.15, 0.2) is 9.84 Å². The third kappa shape index (κ3) is 3.43. The van der Waals surface area contributed by atoms with E-state index in [4.69, 9.17) is 0 Å². The summed E-state index contributed by atoms with van der Waals surface area (Å²) in [6.45, 7) is 1.68. The average Bonchev–Trinajstić information content (AvgIpc) is 2.37. The lowest BCUT2D eigenvalue weighted by molar-refractivity contribution is 0.102. The Hall–Kier alpha value is -2.28. The van der Waals surface area contributed by atoms with Gasteiger partial charge < -0.3 is 5.32 Å². The molecule has 1 aromatic carbocycles. The Bertz CT molecular complexity index is 804. The highest BCUT2D eigenvalue weighted by molar-refractivity contribution is 7.90. The molecular weight excluding hydrogens is 295 g/mol. The monoisotopic (exact) mass is 308 g/mol. The molecule has 0 spiro atoms. The van der Waals surface area contributed by atoms with E-state index < -0.39 is 26.5 Å². The van der Waals surface area contributed by atoms with Crippen LogP contribution in [-0.2, 0) is 9.84 Å². The SMILES string of the molecule is Cc1ncccc1C(=O)Nc1ccc(S(C)(=O)=O)c(F)c1. The summed E-state index contributed by atoms with van der Waals surface area (Å²) >= 11 is 0. The minimum atomic E-state index is -3.64. The Balaban J connectivity index is 2.27. The first-order chi connectivity index (χ1) is 9.79. The number of halogens is 1. The van der Waals surface area contributed by atoms with Gasteiger partial charge in [0.05, 0.1) is 5.56 Å². The molecule has 0 saturated carbocycles. The van der Waals surface area contributed by atoms with Crippen LogP contribution in [0.4, 0.5) is 10.1 Å². The first-order valence-corrected chi connectivity index (χ1v) is 7.91. The molecule has 1 amide bonds. The molecule has 0 bridgehead atoms. The van der Waals surface area contributed by atoms with Crippen molar-refractivity contribution in [3.63, 3.8) is 0 Å². The Morgan fingerprint density at radius 3 is 2.57 bits per heavy atom. The molecule has 0 aliphatic carbocycles. The standard InChI is InChI=1S/C14H13FN2O3S/c1-9-11(4-3-7-16-9)14(18)17-10-5-6-13(12(15)8-10)21(2,19)20/h3-8H,1-2H3,(H,17,18). The van der Waals surface area contributed by atoms with Crippen LogP contribution in [0.25, 0.3) is 0 Å². The van der Waals surface area contributed by atoms with Gasteiger partial charge >= 0.3 is 0 Å². The van der Waals surface area contributed by atoms with E-state index in [-0.39, 0.29) is 5.69 Å². The largest absolute Gasteiger partial charge is 0.322 e. The fourth-order valence-corrected chi connectivity index (χ4v) is 2.53. The zero-order valence-electron chi connectivity index (χ0n) is 11.4. The number of nitrogens with one attached hydrogen (secondary N) is 1. The number of aromatic nitrogens is 1. The molecule has 7 heteroatoms. The Morgan fingerprint density at radius 1 is 1.29 bits per heavy atom. The summed E-state index contributed by atoms with van der Waals surface area (Å²) in [7, 11) is -3.64. The van der Waals surface area contributed by atoms with Crippen molar-refractivity contribution < 1.29 is 17.6 Å². The zero-order valence-corrected chi connectivity index (χ0v) is 12.2. The number of anilines is 1. The van der Waals surface area contributed by atoms with Crippen LogP contribution in [0.3, 0.4) is 0 Å². The van der Waals surface area contributed by atoms with E-state index >= 15 is 0 Å². The number of rotatable bonds is 3. The lowest BCUT2D eigenvalue weighted by Crippen LogP contribution is -2.14. The number of amides is 1. The molecule has 21 heavy (non-hydrogen) atoms. The van der Waals surface area contributed by atoms with Crippen LogP contribution in [0.1, 0.15) is 16.1 Å². The molecular formula is C14H13FN2O3S. The van der Waals surface area contributed by atoms with Gasteiger partial charge in [0, 0.05) is 23.8 Å². The predicted molar refractivity (Wildman–Crippen MR) is 76.4 cm³/mol. The number of sulfone groups is 1. The van der Waals surface area contributed by atoms with Gasteiger partial charge in [-0.25, -0.2) is 12.8 Å². The fraction of sp³-hybridized carbons (Fsp3) is 0.143. The van der Waals surface area contributed by atoms with Crippen LogP contribution in [0.5, 0.6) is 0 Å². The van der Waals surface area contributed by atoms with Gasteiger partial charge in [0.1, 0.15) is 10.7 Å². The maximum absolute atomic E-state index is 13.7. The maximum Gasteiger partial charge on any atom is 0.257 e. The molecule has 0 aliphatic rings. The Kier molecular flexibility index (Phi) is 4.04. The van der Waals surface area contributed by atoms with E-state index in [1.165, 1.54) is 6.07 Å². The van der Waals surface area contributed by atoms with Crippen molar-refractivity contribution in [1.29, 1.82) is 0 Å². The second-order valence-electron chi connectivity index (χ2n) is 4.51. The first kappa shape index (κ1) is 15.1. The van der Waals surface area contributed by atoms with Crippen LogP contribution in [0.2, 0.25) is 0 Å². The number of pyridine rings is 1. The van der Waals surface area contributed by atoms with Gasteiger partial charge in [0.2, 0.25) is 0 Å². The summed E-state index contributed by atoms with van der Waals surface area (Å²) in [6.07, 6.45) is 2.48. The first-order valence-electron chi connectivity index (χ1n) is 6.01. The molecule has 0 unspecified atom stereocenters. The molecule has 1 heterocycles. The molecule has 0 atom stereocenters. The quantitative estimate of drug-likeness (QED) is 0.943. The summed E-state index contributed by atoms with van der Waals surface area (Å²) in [4.78, 5) is 15.6. The van der Waals surface area contributed by atoms with E-state index in [1.807, 2.05) is 0 Å². The molecule has 0 fully saturated rings. The third-order valence-corrected chi connectivity index (χ3v) is 3.97. The number of hydrogen-bond acceptors (Lipinski definition) is 4. The van der Waals surface area contributed by atoms with E-state index in [2.05, 4.69) is 10.3 Å². The van der Waals surface area contributed by atoms with Gasteiger partial charge in [-0.2, -0.15) is 0 Å². The van der Waals surface area contributed by atoms with Crippen LogP contribution in [0, 0.1) is 12.7 Å². The highest BCUT2D eigenvalue weighted by Crippen LogP contribution is 2.19. The van der Waals surface area contributed by atoms with E-state index in [1.54, 1.807) is 25.3 Å². The third-order valence-electron chi connectivity index (χ3n) is 2.84. The number of nitrogens with zero attached hydrogens (tertiary/aromatic N) is 1. The van der Waals surface area contributed by atoms with Crippen molar-refractivity contribution in [2.75, 3.05) is 11.6 Å². The molecule has 0 aliphatic heterocycles. The van der Waals surface area contributed by atoms with Crippen molar-refractivity contribution in [3.8, 4) is 0 Å². The minimum absolute atomic E-state index is 0.174. The second kappa shape index (κ2) is 5.61. The summed E-state index contributed by atoms with van der Waals surface area (Å²) in [5, 5.41) is 2.50. The lowest BCUT2D eigenvalue weighted by atomic mass is 10.2. The van der Waals surface area contributed by atoms with Gasteiger partial charge in [-0.05, 0) is 37.3 Å². The highest BCUT2D eigenvalue weighted by atomic mass is 32.2. The summed E-state index contributed by atoms with van der Waals surface area (Å²) in [5.74, 6) is -1.34. The Morgan fingerprint density at radius 2 is 2.00 bits per heavy atom. The number of carbonyl (C=O) groups excluding carboxylic acids is 1. The van der Waals surface area contributed by atoms with Crippen molar-refractivity contribution in [2.24, 2.45) is 0 Å². The van der Waals surface area contributed by atoms with Crippen molar-refractivity contribution in [1.82, 2.24) is 4.98 Å². The lowest BCUT2D eigenvalue weighted by Gasteiger charge is -2.08. The molecule has 2 aromatic rings. The smallest absolute Gasteiger partial charge is 0.257 e. The van der Waals surface area contributed by atoms with E-state index in [0.29, 0.717) is 11.3 Å². The minimum Gasteiger partial charge on any atom is -0.322 e. The molecule has 0 radical (unpaired) electrons. The molecule has 1 aromatic heterocycles. The molecule has 5 nitrogen and oxygen atoms in total. The summed E-state index contributed by atoms with van der Waals surface area (Å²) in [6, 6.07) is 6.65. The number of benzene rings is 1. The number of aryl methyl sites for hydroxylation is 1. The van der Waals surface area contributed by atoms with Crippen LogP contribution in [0.15, 0.2) is 41.4 Å². The van der Waals surface area contributed by atoms with Crippen LogP contribution < -0.4 is 5.32 Å². The second-order valence-corrected chi connectivity index (χ2v) is 6.49. The molecule has 0 saturated heterocycles. The normalized spacial score (nSPS) is 11.2. The van der Waals surface area contributed by atoms with E-state index in [0.717, 1.165) is 18.4 Å². The fourth-order valence-electron chi connectivity index (χ4n) is 1.80. The summed E-state index contributed by atoms with van der Waals surface area (Å²) in [5.41, 5.74) is 1.08. The topological polar surface area (TPSA) is 76.1 Å². The Labute approximate surface area is 121 Å². The predicted octanol–water partition coefficient (Wildman–Crippen LogP) is 2.18. The molecule has 110 valence electrons. The van der Waals surface area contributed by atoms with Gasteiger partial charge in [-0.15, -0.1) is 0 Å². The summed E-state index contributed by atoms with van der Waals surface area (Å²) < 4.78 is 36.4. The van der Waals surface area contributed by atoms with Crippen molar-refractivity contribution in [2.45, 2.75) is 11.8 Å². The van der Waals surface area contributed by atoms with Crippen molar-refractivity contribution in [3.05, 3.63) is 53.6 Å². The van der Waals surface area contributed by atoms with Crippen LogP contribution in [-0.4, -0.2) is 25.6 Å². The number of hydrogen-bond donors (Lipinski definition) is 1. The zero-order chi connectivity index (χ0) is 15.6. The van der Waals surface area contributed by atoms with E-state index in [9.17, 15) is 17.6 Å². The van der Waals surface area contributed by atoms with Gasteiger partial charge in [-0.3, -0.25) is 9.78 Å².